The van der Waals surface area contributed by atoms with Crippen LogP contribution >= 0.6 is 0 Å². The van der Waals surface area contributed by atoms with E-state index in [1.807, 2.05) is 0 Å². The second-order valence-electron chi connectivity index (χ2n) is 4.03. The minimum Gasteiger partial charge on any atom is -0.361 e. The third-order valence-electron chi connectivity index (χ3n) is 2.87. The number of nitro groups is 1. The Balaban J connectivity index is 2.57. The van der Waals surface area contributed by atoms with Gasteiger partial charge in [-0.1, -0.05) is 17.3 Å². The molecule has 18 heavy (non-hydrogen) atoms. The summed E-state index contributed by atoms with van der Waals surface area (Å²) >= 11 is 0. The molecule has 2 rings (SSSR count). The summed E-state index contributed by atoms with van der Waals surface area (Å²) in [6.07, 6.45) is 0. The van der Waals surface area contributed by atoms with Crippen LogP contribution in [0.2, 0.25) is 0 Å². The van der Waals surface area contributed by atoms with Crippen LogP contribution in [-0.2, 0) is 6.54 Å². The van der Waals surface area contributed by atoms with Crippen molar-refractivity contribution in [2.24, 2.45) is 5.73 Å². The molecule has 0 atom stereocenters. The Hall–Kier alpha value is -2.21. The van der Waals surface area contributed by atoms with Crippen LogP contribution in [-0.4, -0.2) is 10.1 Å². The molecule has 0 saturated carbocycles. The molecular weight excluding hydrogens is 234 g/mol. The maximum Gasteiger partial charge on any atom is 0.272 e. The van der Waals surface area contributed by atoms with Crippen molar-refractivity contribution in [2.75, 3.05) is 0 Å². The van der Waals surface area contributed by atoms with Gasteiger partial charge >= 0.3 is 0 Å². The molecule has 0 saturated heterocycles. The van der Waals surface area contributed by atoms with Gasteiger partial charge in [-0.25, -0.2) is 0 Å². The third-order valence-corrected chi connectivity index (χ3v) is 2.87. The fourth-order valence-electron chi connectivity index (χ4n) is 1.81. The molecule has 0 radical (unpaired) electrons. The number of nitro benzene ring substituents is 1. The molecule has 6 nitrogen and oxygen atoms in total. The lowest BCUT2D eigenvalue weighted by Crippen LogP contribution is -1.99. The molecule has 1 aromatic heterocycles. The van der Waals surface area contributed by atoms with Gasteiger partial charge in [0.2, 0.25) is 0 Å². The Morgan fingerprint density at radius 3 is 2.78 bits per heavy atom. The molecular formula is C12H13N3O3. The number of nitrogens with zero attached hydrogens (tertiary/aromatic N) is 2. The van der Waals surface area contributed by atoms with E-state index < -0.39 is 4.92 Å². The SMILES string of the molecule is Cc1ccc(-c2noc(C)c2CN)cc1[N+](=O)[O-]. The van der Waals surface area contributed by atoms with Crippen LogP contribution in [0.3, 0.4) is 0 Å². The Kier molecular flexibility index (Phi) is 3.12. The van der Waals surface area contributed by atoms with E-state index in [0.29, 0.717) is 22.6 Å². The van der Waals surface area contributed by atoms with Gasteiger partial charge < -0.3 is 10.3 Å². The molecule has 6 heteroatoms. The van der Waals surface area contributed by atoms with E-state index in [-0.39, 0.29) is 12.2 Å². The molecule has 0 bridgehead atoms. The summed E-state index contributed by atoms with van der Waals surface area (Å²) < 4.78 is 5.07. The molecule has 2 N–H and O–H groups in total. The Morgan fingerprint density at radius 1 is 1.44 bits per heavy atom. The molecule has 94 valence electrons. The number of benzene rings is 1. The van der Waals surface area contributed by atoms with Crippen LogP contribution in [0.5, 0.6) is 0 Å². The number of nitrogens with two attached hydrogens (primary N) is 1. The number of aryl methyl sites for hydroxylation is 2. The molecule has 0 fully saturated rings. The number of aromatic nitrogens is 1. The van der Waals surface area contributed by atoms with Crippen molar-refractivity contribution in [1.82, 2.24) is 5.16 Å². The summed E-state index contributed by atoms with van der Waals surface area (Å²) in [4.78, 5) is 10.5. The van der Waals surface area contributed by atoms with E-state index in [9.17, 15) is 10.1 Å². The van der Waals surface area contributed by atoms with Crippen molar-refractivity contribution >= 4 is 5.69 Å². The Morgan fingerprint density at radius 2 is 2.17 bits per heavy atom. The second-order valence-corrected chi connectivity index (χ2v) is 4.03. The molecule has 0 aliphatic carbocycles. The van der Waals surface area contributed by atoms with Crippen LogP contribution in [0.25, 0.3) is 11.3 Å². The fraction of sp³-hybridized carbons (Fsp3) is 0.250. The first-order valence-electron chi connectivity index (χ1n) is 5.45. The van der Waals surface area contributed by atoms with Gasteiger partial charge in [0.25, 0.3) is 5.69 Å². The minimum absolute atomic E-state index is 0.0659. The highest BCUT2D eigenvalue weighted by molar-refractivity contribution is 5.67. The summed E-state index contributed by atoms with van der Waals surface area (Å²) in [5.41, 5.74) is 8.28. The van der Waals surface area contributed by atoms with Crippen molar-refractivity contribution in [1.29, 1.82) is 0 Å². The molecule has 0 spiro atoms. The van der Waals surface area contributed by atoms with E-state index >= 15 is 0 Å². The number of hydrogen-bond donors (Lipinski definition) is 1. The highest BCUT2D eigenvalue weighted by atomic mass is 16.6. The average molecular weight is 247 g/mol. The largest absolute Gasteiger partial charge is 0.361 e. The summed E-state index contributed by atoms with van der Waals surface area (Å²) in [7, 11) is 0. The van der Waals surface area contributed by atoms with E-state index in [1.165, 1.54) is 6.07 Å². The van der Waals surface area contributed by atoms with Crippen LogP contribution in [0.1, 0.15) is 16.9 Å². The topological polar surface area (TPSA) is 95.2 Å². The summed E-state index contributed by atoms with van der Waals surface area (Å²) in [5, 5.41) is 14.8. The van der Waals surface area contributed by atoms with Crippen LogP contribution < -0.4 is 5.73 Å². The fourth-order valence-corrected chi connectivity index (χ4v) is 1.81. The summed E-state index contributed by atoms with van der Waals surface area (Å²) in [6, 6.07) is 4.96. The first-order valence-corrected chi connectivity index (χ1v) is 5.45. The van der Waals surface area contributed by atoms with Crippen molar-refractivity contribution in [2.45, 2.75) is 20.4 Å². The molecule has 0 aliphatic rings. The molecule has 0 aliphatic heterocycles. The van der Waals surface area contributed by atoms with E-state index in [0.717, 1.165) is 5.56 Å². The lowest BCUT2D eigenvalue weighted by Gasteiger charge is -2.02. The van der Waals surface area contributed by atoms with Gasteiger partial charge in [-0.05, 0) is 13.8 Å². The maximum absolute atomic E-state index is 10.9. The zero-order valence-corrected chi connectivity index (χ0v) is 10.1. The molecule has 1 aromatic carbocycles. The minimum atomic E-state index is -0.409. The van der Waals surface area contributed by atoms with Gasteiger partial charge in [0.1, 0.15) is 11.5 Å². The Bertz CT molecular complexity index is 605. The van der Waals surface area contributed by atoms with E-state index in [2.05, 4.69) is 5.16 Å². The molecule has 0 unspecified atom stereocenters. The highest BCUT2D eigenvalue weighted by Crippen LogP contribution is 2.29. The monoisotopic (exact) mass is 247 g/mol. The van der Waals surface area contributed by atoms with Crippen LogP contribution in [0, 0.1) is 24.0 Å². The second kappa shape index (κ2) is 4.58. The first-order chi connectivity index (χ1) is 8.54. The lowest BCUT2D eigenvalue weighted by atomic mass is 10.0. The summed E-state index contributed by atoms with van der Waals surface area (Å²) in [5.74, 6) is 0.635. The van der Waals surface area contributed by atoms with Crippen molar-refractivity contribution in [3.8, 4) is 11.3 Å². The van der Waals surface area contributed by atoms with Gasteiger partial charge in [0.15, 0.2) is 0 Å². The molecule has 1 heterocycles. The van der Waals surface area contributed by atoms with E-state index in [1.54, 1.807) is 26.0 Å². The normalized spacial score (nSPS) is 10.6. The molecule has 0 amide bonds. The number of rotatable bonds is 3. The third kappa shape index (κ3) is 1.98. The number of hydrogen-bond acceptors (Lipinski definition) is 5. The zero-order valence-electron chi connectivity index (χ0n) is 10.1. The zero-order chi connectivity index (χ0) is 13.3. The average Bonchev–Trinajstić information content (AvgIpc) is 2.70. The van der Waals surface area contributed by atoms with Crippen molar-refractivity contribution in [3.63, 3.8) is 0 Å². The van der Waals surface area contributed by atoms with Gasteiger partial charge in [-0.3, -0.25) is 10.1 Å². The first kappa shape index (κ1) is 12.3. The van der Waals surface area contributed by atoms with E-state index in [4.69, 9.17) is 10.3 Å². The quantitative estimate of drug-likeness (QED) is 0.663. The Labute approximate surface area is 104 Å². The van der Waals surface area contributed by atoms with Crippen molar-refractivity contribution < 1.29 is 9.45 Å². The van der Waals surface area contributed by atoms with Gasteiger partial charge in [-0.15, -0.1) is 0 Å². The maximum atomic E-state index is 10.9. The van der Waals surface area contributed by atoms with Gasteiger partial charge in [-0.2, -0.15) is 0 Å². The predicted molar refractivity (Wildman–Crippen MR) is 66.0 cm³/mol. The highest BCUT2D eigenvalue weighted by Gasteiger charge is 2.17. The van der Waals surface area contributed by atoms with Gasteiger partial charge in [0, 0.05) is 29.3 Å². The van der Waals surface area contributed by atoms with Crippen LogP contribution in [0.4, 0.5) is 5.69 Å². The van der Waals surface area contributed by atoms with Crippen LogP contribution in [0.15, 0.2) is 22.7 Å². The van der Waals surface area contributed by atoms with Crippen molar-refractivity contribution in [3.05, 3.63) is 45.2 Å². The standard InChI is InChI=1S/C12H13N3O3/c1-7-3-4-9(5-11(7)15(16)17)12-10(6-13)8(2)18-14-12/h3-5H,6,13H2,1-2H3. The predicted octanol–water partition coefficient (Wildman–Crippen LogP) is 2.33. The lowest BCUT2D eigenvalue weighted by molar-refractivity contribution is -0.385. The molecule has 2 aromatic rings. The van der Waals surface area contributed by atoms with Gasteiger partial charge in [0.05, 0.1) is 4.92 Å². The smallest absolute Gasteiger partial charge is 0.272 e. The summed E-state index contributed by atoms with van der Waals surface area (Å²) in [6.45, 7) is 3.74.